The number of piperidine rings is 1. The van der Waals surface area contributed by atoms with Gasteiger partial charge in [-0.25, -0.2) is 0 Å². The molecule has 0 aromatic heterocycles. The Balaban J connectivity index is 0.00000102. The molecule has 3 heterocycles. The van der Waals surface area contributed by atoms with Gasteiger partial charge in [0.15, 0.2) is 0 Å². The Kier molecular flexibility index (Phi) is 8.50. The summed E-state index contributed by atoms with van der Waals surface area (Å²) >= 11 is 0. The maximum Gasteiger partial charge on any atom is 0.416 e. The van der Waals surface area contributed by atoms with Gasteiger partial charge in [0.1, 0.15) is 5.72 Å². The van der Waals surface area contributed by atoms with Crippen LogP contribution in [-0.4, -0.2) is 71.3 Å². The van der Waals surface area contributed by atoms with Crippen molar-refractivity contribution < 1.29 is 32.6 Å². The highest BCUT2D eigenvalue weighted by molar-refractivity contribution is 5.78. The molecule has 0 radical (unpaired) electrons. The molecule has 4 fully saturated rings. The Morgan fingerprint density at radius 2 is 1.92 bits per heavy atom. The summed E-state index contributed by atoms with van der Waals surface area (Å²) in [4.78, 5) is 25.9. The first-order chi connectivity index (χ1) is 17.6. The molecule has 2 N–H and O–H groups in total. The van der Waals surface area contributed by atoms with E-state index in [4.69, 9.17) is 14.6 Å². The number of amides is 1. The number of rotatable bonds is 6. The van der Waals surface area contributed by atoms with E-state index in [9.17, 15) is 18.0 Å². The predicted molar refractivity (Wildman–Crippen MR) is 131 cm³/mol. The van der Waals surface area contributed by atoms with E-state index in [-0.39, 0.29) is 18.4 Å². The van der Waals surface area contributed by atoms with Crippen LogP contribution in [0.3, 0.4) is 0 Å². The lowest BCUT2D eigenvalue weighted by molar-refractivity contribution is -0.192. The second kappa shape index (κ2) is 11.3. The van der Waals surface area contributed by atoms with Gasteiger partial charge in [0.2, 0.25) is 5.91 Å². The lowest BCUT2D eigenvalue weighted by Crippen LogP contribution is -2.63. The van der Waals surface area contributed by atoms with E-state index in [0.717, 1.165) is 50.9 Å². The largest absolute Gasteiger partial charge is 0.483 e. The molecule has 3 aliphatic heterocycles. The number of halogens is 3. The number of carbonyl (C=O) groups is 2. The first-order valence-corrected chi connectivity index (χ1v) is 13.2. The number of carboxylic acid groups (broad SMARTS) is 1. The molecule has 7 nitrogen and oxygen atoms in total. The van der Waals surface area contributed by atoms with Gasteiger partial charge in [-0.05, 0) is 55.2 Å². The van der Waals surface area contributed by atoms with Crippen LogP contribution < -0.4 is 5.32 Å². The molecule has 10 heteroatoms. The molecule has 1 aliphatic carbocycles. The van der Waals surface area contributed by atoms with Crippen molar-refractivity contribution >= 4 is 12.4 Å². The van der Waals surface area contributed by atoms with Crippen molar-refractivity contribution in [3.63, 3.8) is 0 Å². The van der Waals surface area contributed by atoms with Crippen LogP contribution in [0.15, 0.2) is 24.3 Å². The Bertz CT molecular complexity index is 938. The second-order valence-electron chi connectivity index (χ2n) is 11.1. The lowest BCUT2D eigenvalue weighted by atomic mass is 9.72. The van der Waals surface area contributed by atoms with Gasteiger partial charge in [-0.3, -0.25) is 14.5 Å². The highest BCUT2D eigenvalue weighted by Gasteiger charge is 2.59. The number of alkyl halides is 3. The van der Waals surface area contributed by atoms with Gasteiger partial charge in [-0.2, -0.15) is 13.2 Å². The zero-order valence-electron chi connectivity index (χ0n) is 21.5. The van der Waals surface area contributed by atoms with E-state index >= 15 is 0 Å². The summed E-state index contributed by atoms with van der Waals surface area (Å²) in [5.41, 5.74) is -0.146. The van der Waals surface area contributed by atoms with Gasteiger partial charge >= 0.3 is 6.18 Å². The van der Waals surface area contributed by atoms with Crippen LogP contribution in [0.2, 0.25) is 0 Å². The number of hydrogen-bond donors (Lipinski definition) is 2. The Hall–Kier alpha value is -2.17. The quantitative estimate of drug-likeness (QED) is 0.547. The SMILES string of the molecule is CC(C)[C@H]1CO[C@]23CC[C@H](N(Cc4ccc(C(F)(F)F)cc4)CC4CNC4)C[C@H]2CCC(=O)N13.O=CO. The van der Waals surface area contributed by atoms with Crippen LogP contribution >= 0.6 is 0 Å². The van der Waals surface area contributed by atoms with Crippen molar-refractivity contribution in [3.05, 3.63) is 35.4 Å². The summed E-state index contributed by atoms with van der Waals surface area (Å²) in [5.74, 6) is 1.47. The van der Waals surface area contributed by atoms with Crippen molar-refractivity contribution in [1.82, 2.24) is 15.1 Å². The van der Waals surface area contributed by atoms with Crippen LogP contribution in [0, 0.1) is 17.8 Å². The Morgan fingerprint density at radius 3 is 2.49 bits per heavy atom. The number of hydrogen-bond acceptors (Lipinski definition) is 5. The number of nitrogens with zero attached hydrogens (tertiary/aromatic N) is 2. The van der Waals surface area contributed by atoms with Crippen molar-refractivity contribution in [3.8, 4) is 0 Å². The van der Waals surface area contributed by atoms with Gasteiger partial charge in [-0.15, -0.1) is 0 Å². The van der Waals surface area contributed by atoms with Crippen LogP contribution in [0.4, 0.5) is 13.2 Å². The molecule has 1 saturated carbocycles. The zero-order valence-corrected chi connectivity index (χ0v) is 21.5. The fourth-order valence-corrected chi connectivity index (χ4v) is 6.53. The predicted octanol–water partition coefficient (Wildman–Crippen LogP) is 3.97. The topological polar surface area (TPSA) is 82.1 Å². The van der Waals surface area contributed by atoms with Gasteiger partial charge in [0.25, 0.3) is 6.47 Å². The highest BCUT2D eigenvalue weighted by Crippen LogP contribution is 2.51. The van der Waals surface area contributed by atoms with E-state index in [2.05, 4.69) is 29.0 Å². The summed E-state index contributed by atoms with van der Waals surface area (Å²) in [6.45, 7) is 8.26. The third kappa shape index (κ3) is 5.81. The van der Waals surface area contributed by atoms with Crippen molar-refractivity contribution in [2.45, 2.75) is 76.5 Å². The monoisotopic (exact) mass is 525 g/mol. The molecule has 4 atom stereocenters. The minimum Gasteiger partial charge on any atom is -0.483 e. The number of benzene rings is 1. The molecule has 0 unspecified atom stereocenters. The Labute approximate surface area is 216 Å². The van der Waals surface area contributed by atoms with E-state index in [0.29, 0.717) is 43.4 Å². The molecule has 1 amide bonds. The fraction of sp³-hybridized carbons (Fsp3) is 0.704. The van der Waals surface area contributed by atoms with Crippen molar-refractivity contribution in [2.75, 3.05) is 26.2 Å². The summed E-state index contributed by atoms with van der Waals surface area (Å²) in [6.07, 6.45) is -0.134. The van der Waals surface area contributed by atoms with Crippen molar-refractivity contribution in [1.29, 1.82) is 0 Å². The van der Waals surface area contributed by atoms with E-state index in [1.54, 1.807) is 12.1 Å². The third-order valence-corrected chi connectivity index (χ3v) is 8.56. The molecule has 5 rings (SSSR count). The minimum absolute atomic E-state index is 0.149. The summed E-state index contributed by atoms with van der Waals surface area (Å²) in [5, 5.41) is 10.2. The number of nitrogens with one attached hydrogen (secondary N) is 1. The van der Waals surface area contributed by atoms with E-state index in [1.165, 1.54) is 12.1 Å². The molecule has 3 saturated heterocycles. The number of carbonyl (C=O) groups excluding carboxylic acids is 1. The summed E-state index contributed by atoms with van der Waals surface area (Å²) < 4.78 is 45.5. The van der Waals surface area contributed by atoms with Crippen LogP contribution in [0.5, 0.6) is 0 Å². The van der Waals surface area contributed by atoms with E-state index < -0.39 is 17.5 Å². The molecule has 1 spiro atoms. The first kappa shape index (κ1) is 27.9. The average Bonchev–Trinajstić information content (AvgIpc) is 3.22. The van der Waals surface area contributed by atoms with Gasteiger partial charge in [-0.1, -0.05) is 26.0 Å². The molecular formula is C27H38F3N3O4. The smallest absolute Gasteiger partial charge is 0.416 e. The molecule has 206 valence electrons. The molecule has 0 bridgehead atoms. The lowest BCUT2D eigenvalue weighted by Gasteiger charge is -2.54. The van der Waals surface area contributed by atoms with Gasteiger partial charge in [0, 0.05) is 44.6 Å². The molecule has 37 heavy (non-hydrogen) atoms. The first-order valence-electron chi connectivity index (χ1n) is 13.2. The van der Waals surface area contributed by atoms with Crippen LogP contribution in [-0.2, 0) is 27.0 Å². The minimum atomic E-state index is -4.31. The second-order valence-corrected chi connectivity index (χ2v) is 11.1. The Morgan fingerprint density at radius 1 is 1.24 bits per heavy atom. The zero-order chi connectivity index (χ0) is 26.8. The van der Waals surface area contributed by atoms with Gasteiger partial charge < -0.3 is 20.1 Å². The number of ether oxygens (including phenoxy) is 1. The molecule has 1 aromatic rings. The fourth-order valence-electron chi connectivity index (χ4n) is 6.53. The van der Waals surface area contributed by atoms with Crippen LogP contribution in [0.25, 0.3) is 0 Å². The normalized spacial score (nSPS) is 29.9. The third-order valence-electron chi connectivity index (χ3n) is 8.56. The van der Waals surface area contributed by atoms with Gasteiger partial charge in [0.05, 0.1) is 18.2 Å². The highest BCUT2D eigenvalue weighted by atomic mass is 19.4. The van der Waals surface area contributed by atoms with Crippen molar-refractivity contribution in [2.24, 2.45) is 17.8 Å². The summed E-state index contributed by atoms with van der Waals surface area (Å²) in [6, 6.07) is 6.11. The summed E-state index contributed by atoms with van der Waals surface area (Å²) in [7, 11) is 0. The molecule has 4 aliphatic rings. The standard InChI is InChI=1S/C26H36F3N3O2.CH2O2/c1-17(2)23-16-34-25-10-9-22(11-21(25)7-8-24(33)32(23)25)31(15-19-12-30-13-19)14-18-3-5-20(6-4-18)26(27,28)29;2-1-3/h3-6,17,19,21-23,30H,7-16H2,1-2H3;1H,(H,2,3)/t21-,22+,23-,25-;/m1./s1. The average molecular weight is 526 g/mol. The molecular weight excluding hydrogens is 487 g/mol. The van der Waals surface area contributed by atoms with Crippen LogP contribution in [0.1, 0.15) is 57.1 Å². The molecule has 1 aromatic carbocycles. The maximum atomic E-state index is 13.0. The maximum absolute atomic E-state index is 13.0. The van der Waals surface area contributed by atoms with E-state index in [1.807, 2.05) is 0 Å².